The topological polar surface area (TPSA) is 44.5 Å². The Morgan fingerprint density at radius 2 is 2.05 bits per heavy atom. The zero-order chi connectivity index (χ0) is 12.7. The first-order valence-corrected chi connectivity index (χ1v) is 6.94. The normalized spacial score (nSPS) is 21.8. The number of nitrogens with one attached hydrogen (secondary N) is 1. The lowest BCUT2D eigenvalue weighted by atomic mass is 10.1. The van der Waals surface area contributed by atoms with Gasteiger partial charge in [0.1, 0.15) is 11.4 Å². The molecule has 0 bridgehead atoms. The van der Waals surface area contributed by atoms with E-state index in [9.17, 15) is 0 Å². The van der Waals surface area contributed by atoms with Crippen molar-refractivity contribution in [1.82, 2.24) is 15.2 Å². The third-order valence-electron chi connectivity index (χ3n) is 4.19. The van der Waals surface area contributed by atoms with E-state index in [4.69, 9.17) is 4.42 Å². The van der Waals surface area contributed by atoms with Crippen molar-refractivity contribution in [1.29, 1.82) is 0 Å². The number of hydrogen-bond donors (Lipinski definition) is 1. The van der Waals surface area contributed by atoms with E-state index in [2.05, 4.69) is 20.1 Å². The second-order valence-corrected chi connectivity index (χ2v) is 5.31. The number of hydrogen-bond acceptors (Lipinski definition) is 5. The minimum absolute atomic E-state index is 0.686. The molecule has 19 heavy (non-hydrogen) atoms. The molecule has 0 aliphatic carbocycles. The van der Waals surface area contributed by atoms with Crippen LogP contribution in [0.25, 0.3) is 11.0 Å². The summed E-state index contributed by atoms with van der Waals surface area (Å²) in [7, 11) is 0. The van der Waals surface area contributed by atoms with E-state index >= 15 is 0 Å². The standard InChI is InChI=1S/C14H18N4O/c1-3-16-14(12-2-8-19-13(1)12)18-9-11(10-18)17-6-4-15-5-7-17/h1-3,8,11,15H,4-7,9-10H2. The monoisotopic (exact) mass is 258 g/mol. The zero-order valence-corrected chi connectivity index (χ0v) is 10.9. The molecule has 2 aliphatic heterocycles. The zero-order valence-electron chi connectivity index (χ0n) is 10.9. The van der Waals surface area contributed by atoms with Crippen LogP contribution in [0.1, 0.15) is 0 Å². The summed E-state index contributed by atoms with van der Waals surface area (Å²) in [6.07, 6.45) is 3.57. The molecule has 2 saturated heterocycles. The molecule has 4 rings (SSSR count). The number of anilines is 1. The fourth-order valence-electron chi connectivity index (χ4n) is 3.04. The quantitative estimate of drug-likeness (QED) is 0.868. The lowest BCUT2D eigenvalue weighted by molar-refractivity contribution is 0.147. The summed E-state index contributed by atoms with van der Waals surface area (Å²) in [5.41, 5.74) is 0.927. The van der Waals surface area contributed by atoms with Crippen molar-refractivity contribution in [2.24, 2.45) is 0 Å². The first-order valence-electron chi connectivity index (χ1n) is 6.94. The second kappa shape index (κ2) is 4.51. The van der Waals surface area contributed by atoms with E-state index in [-0.39, 0.29) is 0 Å². The number of furan rings is 1. The summed E-state index contributed by atoms with van der Waals surface area (Å²) >= 11 is 0. The van der Waals surface area contributed by atoms with Crippen molar-refractivity contribution in [2.75, 3.05) is 44.2 Å². The van der Waals surface area contributed by atoms with Gasteiger partial charge < -0.3 is 14.6 Å². The maximum atomic E-state index is 5.44. The Morgan fingerprint density at radius 1 is 1.21 bits per heavy atom. The fourth-order valence-corrected chi connectivity index (χ4v) is 3.04. The number of pyridine rings is 1. The van der Waals surface area contributed by atoms with Gasteiger partial charge in [0, 0.05) is 51.5 Å². The highest BCUT2D eigenvalue weighted by atomic mass is 16.3. The molecule has 1 N–H and O–H groups in total. The molecule has 0 aromatic carbocycles. The lowest BCUT2D eigenvalue weighted by Gasteiger charge is -2.47. The van der Waals surface area contributed by atoms with Crippen LogP contribution in [0.3, 0.4) is 0 Å². The Morgan fingerprint density at radius 3 is 2.89 bits per heavy atom. The Balaban J connectivity index is 1.49. The second-order valence-electron chi connectivity index (χ2n) is 5.31. The molecule has 2 aromatic rings. The van der Waals surface area contributed by atoms with Crippen LogP contribution < -0.4 is 10.2 Å². The third kappa shape index (κ3) is 1.89. The molecule has 0 unspecified atom stereocenters. The number of rotatable bonds is 2. The van der Waals surface area contributed by atoms with Crippen LogP contribution in [-0.4, -0.2) is 55.2 Å². The molecule has 4 heterocycles. The van der Waals surface area contributed by atoms with Gasteiger partial charge in [0.15, 0.2) is 0 Å². The van der Waals surface area contributed by atoms with Gasteiger partial charge in [-0.05, 0) is 12.1 Å². The maximum absolute atomic E-state index is 5.44. The first kappa shape index (κ1) is 11.3. The fraction of sp³-hybridized carbons (Fsp3) is 0.500. The van der Waals surface area contributed by atoms with Crippen molar-refractivity contribution in [3.05, 3.63) is 24.6 Å². The SMILES string of the molecule is c1cc2occc2c(N2CC(N3CCNCC3)C2)n1. The van der Waals surface area contributed by atoms with Gasteiger partial charge in [-0.25, -0.2) is 4.98 Å². The molecular weight excluding hydrogens is 240 g/mol. The van der Waals surface area contributed by atoms with Crippen molar-refractivity contribution >= 4 is 16.8 Å². The summed E-state index contributed by atoms with van der Waals surface area (Å²) in [6.45, 7) is 6.73. The smallest absolute Gasteiger partial charge is 0.139 e. The minimum atomic E-state index is 0.686. The molecule has 0 spiro atoms. The molecule has 2 fully saturated rings. The highest BCUT2D eigenvalue weighted by molar-refractivity contribution is 5.88. The van der Waals surface area contributed by atoms with E-state index in [0.717, 1.165) is 43.0 Å². The number of nitrogens with zero attached hydrogens (tertiary/aromatic N) is 3. The molecule has 2 aromatic heterocycles. The van der Waals surface area contributed by atoms with E-state index in [1.807, 2.05) is 18.3 Å². The number of aromatic nitrogens is 1. The molecule has 2 aliphatic rings. The van der Waals surface area contributed by atoms with Crippen molar-refractivity contribution < 1.29 is 4.42 Å². The van der Waals surface area contributed by atoms with Crippen LogP contribution in [0.5, 0.6) is 0 Å². The van der Waals surface area contributed by atoms with Gasteiger partial charge in [-0.1, -0.05) is 0 Å². The van der Waals surface area contributed by atoms with Gasteiger partial charge in [0.25, 0.3) is 0 Å². The Bertz CT molecular complexity index is 570. The van der Waals surface area contributed by atoms with Crippen molar-refractivity contribution in [2.45, 2.75) is 6.04 Å². The minimum Gasteiger partial charge on any atom is -0.464 e. The van der Waals surface area contributed by atoms with Gasteiger partial charge in [0.05, 0.1) is 11.6 Å². The van der Waals surface area contributed by atoms with Crippen molar-refractivity contribution in [3.8, 4) is 0 Å². The Labute approximate surface area is 112 Å². The van der Waals surface area contributed by atoms with Crippen LogP contribution in [0, 0.1) is 0 Å². The van der Waals surface area contributed by atoms with Gasteiger partial charge in [-0.3, -0.25) is 4.90 Å². The first-order chi connectivity index (χ1) is 9.42. The van der Waals surface area contributed by atoms with Crippen LogP contribution in [0.15, 0.2) is 29.0 Å². The van der Waals surface area contributed by atoms with E-state index in [1.165, 1.54) is 13.1 Å². The average molecular weight is 258 g/mol. The third-order valence-corrected chi connectivity index (χ3v) is 4.19. The van der Waals surface area contributed by atoms with Crippen LogP contribution >= 0.6 is 0 Å². The molecule has 5 nitrogen and oxygen atoms in total. The van der Waals surface area contributed by atoms with Crippen molar-refractivity contribution in [3.63, 3.8) is 0 Å². The number of piperazine rings is 1. The molecule has 0 atom stereocenters. The summed E-state index contributed by atoms with van der Waals surface area (Å²) in [4.78, 5) is 9.45. The largest absolute Gasteiger partial charge is 0.464 e. The lowest BCUT2D eigenvalue weighted by Crippen LogP contribution is -2.63. The molecule has 0 radical (unpaired) electrons. The van der Waals surface area contributed by atoms with Crippen LogP contribution in [-0.2, 0) is 0 Å². The molecule has 0 saturated carbocycles. The molecular formula is C14H18N4O. The van der Waals surface area contributed by atoms with Gasteiger partial charge in [-0.2, -0.15) is 0 Å². The predicted octanol–water partition coefficient (Wildman–Crippen LogP) is 0.922. The molecule has 0 amide bonds. The van der Waals surface area contributed by atoms with Gasteiger partial charge in [-0.15, -0.1) is 0 Å². The van der Waals surface area contributed by atoms with Crippen LogP contribution in [0.2, 0.25) is 0 Å². The summed E-state index contributed by atoms with van der Waals surface area (Å²) < 4.78 is 5.44. The Kier molecular flexibility index (Phi) is 2.67. The summed E-state index contributed by atoms with van der Waals surface area (Å²) in [5, 5.41) is 4.53. The van der Waals surface area contributed by atoms with Gasteiger partial charge in [0.2, 0.25) is 0 Å². The maximum Gasteiger partial charge on any atom is 0.139 e. The molecule has 5 heteroatoms. The van der Waals surface area contributed by atoms with Crippen LogP contribution in [0.4, 0.5) is 5.82 Å². The van der Waals surface area contributed by atoms with E-state index in [1.54, 1.807) is 6.26 Å². The predicted molar refractivity (Wildman–Crippen MR) is 74.5 cm³/mol. The molecule has 100 valence electrons. The van der Waals surface area contributed by atoms with Gasteiger partial charge >= 0.3 is 0 Å². The number of fused-ring (bicyclic) bond motifs is 1. The highest BCUT2D eigenvalue weighted by Crippen LogP contribution is 2.29. The summed E-state index contributed by atoms with van der Waals surface area (Å²) in [5.74, 6) is 1.07. The van der Waals surface area contributed by atoms with E-state index < -0.39 is 0 Å². The highest BCUT2D eigenvalue weighted by Gasteiger charge is 2.33. The Hall–Kier alpha value is -1.59. The average Bonchev–Trinajstić information content (AvgIpc) is 2.87. The van der Waals surface area contributed by atoms with E-state index in [0.29, 0.717) is 6.04 Å². The summed E-state index contributed by atoms with van der Waals surface area (Å²) in [6, 6.07) is 4.62.